The third-order valence-electron chi connectivity index (χ3n) is 3.86. The first-order chi connectivity index (χ1) is 12.1. The van der Waals surface area contributed by atoms with Gasteiger partial charge in [0, 0.05) is 17.0 Å². The molecule has 2 aromatic carbocycles. The number of nitrogens with one attached hydrogen (secondary N) is 2. The second-order valence-corrected chi connectivity index (χ2v) is 6.05. The average molecular weight is 356 g/mol. The van der Waals surface area contributed by atoms with Gasteiger partial charge >= 0.3 is 0 Å². The van der Waals surface area contributed by atoms with Gasteiger partial charge in [-0.15, -0.1) is 0 Å². The monoisotopic (exact) mass is 355 g/mol. The van der Waals surface area contributed by atoms with E-state index in [9.17, 15) is 4.79 Å². The highest BCUT2D eigenvalue weighted by Crippen LogP contribution is 2.29. The summed E-state index contributed by atoms with van der Waals surface area (Å²) in [6, 6.07) is 15.0. The Balaban J connectivity index is 1.90. The molecule has 0 spiro atoms. The minimum atomic E-state index is -0.167. The molecule has 5 nitrogen and oxygen atoms in total. The minimum absolute atomic E-state index is 0.167. The summed E-state index contributed by atoms with van der Waals surface area (Å²) in [6.45, 7) is 1.83. The van der Waals surface area contributed by atoms with E-state index in [1.54, 1.807) is 25.3 Å². The van der Waals surface area contributed by atoms with Crippen LogP contribution in [0.25, 0.3) is 0 Å². The van der Waals surface area contributed by atoms with E-state index in [-0.39, 0.29) is 5.56 Å². The Bertz CT molecular complexity index is 939. The molecule has 128 valence electrons. The van der Waals surface area contributed by atoms with E-state index in [1.807, 2.05) is 37.3 Å². The van der Waals surface area contributed by atoms with Crippen LogP contribution in [0.1, 0.15) is 16.8 Å². The number of halogens is 1. The Morgan fingerprint density at radius 1 is 1.20 bits per heavy atom. The number of hydrogen-bond donors (Lipinski definition) is 2. The maximum atomic E-state index is 12.5. The Labute approximate surface area is 150 Å². The quantitative estimate of drug-likeness (QED) is 0.723. The van der Waals surface area contributed by atoms with Crippen LogP contribution in [0.3, 0.4) is 0 Å². The maximum Gasteiger partial charge on any atom is 0.256 e. The molecule has 0 fully saturated rings. The number of rotatable bonds is 5. The van der Waals surface area contributed by atoms with E-state index in [2.05, 4.69) is 15.3 Å². The molecular weight excluding hydrogens is 338 g/mol. The molecule has 0 radical (unpaired) electrons. The molecule has 0 aliphatic carbocycles. The number of anilines is 2. The summed E-state index contributed by atoms with van der Waals surface area (Å²) in [6.07, 6.45) is 0.537. The smallest absolute Gasteiger partial charge is 0.256 e. The Kier molecular flexibility index (Phi) is 5.05. The molecule has 1 heterocycles. The van der Waals surface area contributed by atoms with Crippen LogP contribution >= 0.6 is 11.6 Å². The fourth-order valence-electron chi connectivity index (χ4n) is 2.58. The molecule has 6 heteroatoms. The molecule has 3 aromatic rings. The third-order valence-corrected chi connectivity index (χ3v) is 4.10. The van der Waals surface area contributed by atoms with E-state index >= 15 is 0 Å². The van der Waals surface area contributed by atoms with Crippen molar-refractivity contribution >= 4 is 23.2 Å². The van der Waals surface area contributed by atoms with Crippen molar-refractivity contribution in [1.29, 1.82) is 0 Å². The summed E-state index contributed by atoms with van der Waals surface area (Å²) in [5.74, 6) is 0.956. The van der Waals surface area contributed by atoms with Crippen molar-refractivity contribution in [3.63, 3.8) is 0 Å². The zero-order valence-corrected chi connectivity index (χ0v) is 14.7. The zero-order valence-electron chi connectivity index (χ0n) is 14.0. The van der Waals surface area contributed by atoms with Crippen LogP contribution in [-0.2, 0) is 6.42 Å². The van der Waals surface area contributed by atoms with Crippen molar-refractivity contribution in [3.8, 4) is 5.75 Å². The summed E-state index contributed by atoms with van der Waals surface area (Å²) >= 11 is 6.03. The predicted octanol–water partition coefficient (Wildman–Crippen LogP) is 4.07. The number of aromatic nitrogens is 2. The van der Waals surface area contributed by atoms with Crippen LogP contribution in [0.2, 0.25) is 5.02 Å². The van der Waals surface area contributed by atoms with Gasteiger partial charge in [0.25, 0.3) is 5.56 Å². The number of hydrogen-bond acceptors (Lipinski definition) is 4. The summed E-state index contributed by atoms with van der Waals surface area (Å²) in [5, 5.41) is 3.62. The van der Waals surface area contributed by atoms with E-state index in [0.717, 1.165) is 5.56 Å². The van der Waals surface area contributed by atoms with Crippen molar-refractivity contribution in [1.82, 2.24) is 9.97 Å². The molecule has 0 amide bonds. The van der Waals surface area contributed by atoms with Gasteiger partial charge < -0.3 is 10.1 Å². The maximum absolute atomic E-state index is 12.5. The van der Waals surface area contributed by atoms with Crippen LogP contribution in [0.15, 0.2) is 53.3 Å². The molecule has 0 bridgehead atoms. The average Bonchev–Trinajstić information content (AvgIpc) is 2.59. The molecule has 1 aromatic heterocycles. The van der Waals surface area contributed by atoms with Gasteiger partial charge in [-0.25, -0.2) is 4.98 Å². The number of aromatic amines is 1. The lowest BCUT2D eigenvalue weighted by Crippen LogP contribution is -2.18. The first-order valence-corrected chi connectivity index (χ1v) is 8.19. The molecule has 0 unspecified atom stereocenters. The van der Waals surface area contributed by atoms with E-state index in [4.69, 9.17) is 16.3 Å². The number of aryl methyl sites for hydroxylation is 1. The van der Waals surface area contributed by atoms with Gasteiger partial charge in [-0.1, -0.05) is 41.9 Å². The molecule has 3 rings (SSSR count). The number of H-pyrrole nitrogens is 1. The normalized spacial score (nSPS) is 10.5. The summed E-state index contributed by atoms with van der Waals surface area (Å²) in [7, 11) is 1.57. The lowest BCUT2D eigenvalue weighted by molar-refractivity contribution is 0.417. The van der Waals surface area contributed by atoms with Crippen molar-refractivity contribution in [2.24, 2.45) is 0 Å². The highest BCUT2D eigenvalue weighted by molar-refractivity contribution is 6.30. The molecular formula is C19H18ClN3O2. The van der Waals surface area contributed by atoms with E-state index in [1.165, 1.54) is 0 Å². The van der Waals surface area contributed by atoms with Gasteiger partial charge in [0.15, 0.2) is 0 Å². The number of methoxy groups -OCH3 is 1. The predicted molar refractivity (Wildman–Crippen MR) is 100 cm³/mol. The van der Waals surface area contributed by atoms with Gasteiger partial charge in [-0.3, -0.25) is 9.78 Å². The Morgan fingerprint density at radius 3 is 2.64 bits per heavy atom. The van der Waals surface area contributed by atoms with Crippen LogP contribution in [0, 0.1) is 6.92 Å². The fourth-order valence-corrected chi connectivity index (χ4v) is 2.76. The largest absolute Gasteiger partial charge is 0.495 e. The number of nitrogens with zero attached hydrogens (tertiary/aromatic N) is 1. The lowest BCUT2D eigenvalue weighted by atomic mass is 10.1. The standard InChI is InChI=1S/C19H18ClN3O2/c1-12-15(10-13-6-4-3-5-7-13)18(24)23-19(21-12)22-16-11-14(20)8-9-17(16)25-2/h3-9,11H,10H2,1-2H3,(H2,21,22,23,24). The molecule has 0 aliphatic rings. The molecule has 0 saturated heterocycles. The molecule has 25 heavy (non-hydrogen) atoms. The van der Waals surface area contributed by atoms with Crippen molar-refractivity contribution in [2.75, 3.05) is 12.4 Å². The van der Waals surface area contributed by atoms with Gasteiger partial charge in [0.1, 0.15) is 5.75 Å². The van der Waals surface area contributed by atoms with Crippen LogP contribution in [0.5, 0.6) is 5.75 Å². The highest BCUT2D eigenvalue weighted by Gasteiger charge is 2.11. The number of benzene rings is 2. The fraction of sp³-hybridized carbons (Fsp3) is 0.158. The highest BCUT2D eigenvalue weighted by atomic mass is 35.5. The summed E-state index contributed by atoms with van der Waals surface area (Å²) < 4.78 is 5.29. The van der Waals surface area contributed by atoms with E-state index in [0.29, 0.717) is 40.1 Å². The SMILES string of the molecule is COc1ccc(Cl)cc1Nc1nc(C)c(Cc2ccccc2)c(=O)[nH]1. The molecule has 0 atom stereocenters. The zero-order chi connectivity index (χ0) is 17.8. The lowest BCUT2D eigenvalue weighted by Gasteiger charge is -2.12. The van der Waals surface area contributed by atoms with Crippen molar-refractivity contribution in [2.45, 2.75) is 13.3 Å². The molecule has 2 N–H and O–H groups in total. The number of ether oxygens (including phenoxy) is 1. The summed E-state index contributed by atoms with van der Waals surface area (Å²) in [4.78, 5) is 19.7. The van der Waals surface area contributed by atoms with Gasteiger partial charge in [0.2, 0.25) is 5.95 Å². The van der Waals surface area contributed by atoms with Gasteiger partial charge in [-0.2, -0.15) is 0 Å². The Hall–Kier alpha value is -2.79. The minimum Gasteiger partial charge on any atom is -0.495 e. The second kappa shape index (κ2) is 7.40. The van der Waals surface area contributed by atoms with Crippen LogP contribution in [-0.4, -0.2) is 17.1 Å². The second-order valence-electron chi connectivity index (χ2n) is 5.61. The first-order valence-electron chi connectivity index (χ1n) is 7.81. The topological polar surface area (TPSA) is 67.0 Å². The first kappa shape index (κ1) is 17.0. The van der Waals surface area contributed by atoms with Crippen LogP contribution in [0.4, 0.5) is 11.6 Å². The van der Waals surface area contributed by atoms with Gasteiger partial charge in [0.05, 0.1) is 18.5 Å². The third kappa shape index (κ3) is 4.00. The Morgan fingerprint density at radius 2 is 1.96 bits per heavy atom. The van der Waals surface area contributed by atoms with Crippen molar-refractivity contribution in [3.05, 3.63) is 80.7 Å². The van der Waals surface area contributed by atoms with E-state index < -0.39 is 0 Å². The molecule has 0 aliphatic heterocycles. The molecule has 0 saturated carbocycles. The summed E-state index contributed by atoms with van der Waals surface area (Å²) in [5.41, 5.74) is 2.86. The van der Waals surface area contributed by atoms with Crippen LogP contribution < -0.4 is 15.6 Å². The van der Waals surface area contributed by atoms with Crippen molar-refractivity contribution < 1.29 is 4.74 Å². The van der Waals surface area contributed by atoms with Gasteiger partial charge in [-0.05, 0) is 30.7 Å².